The number of likely N-dealkylation sites (N-methyl/N-ethyl adjacent to an activating group) is 1. The Morgan fingerprint density at radius 1 is 1.50 bits per heavy atom. The SMILES string of the molecule is CCO[C@H]1O[C@H](C)C[C@H](N(C)C)[C@H]1O. The molecule has 1 fully saturated rings. The third kappa shape index (κ3) is 2.67. The average molecular weight is 203 g/mol. The van der Waals surface area contributed by atoms with Crippen molar-refractivity contribution in [3.63, 3.8) is 0 Å². The molecule has 14 heavy (non-hydrogen) atoms. The Kier molecular flexibility index (Phi) is 4.31. The number of hydrogen-bond donors (Lipinski definition) is 1. The molecule has 0 aromatic rings. The number of nitrogens with zero attached hydrogens (tertiary/aromatic N) is 1. The molecule has 4 nitrogen and oxygen atoms in total. The van der Waals surface area contributed by atoms with Gasteiger partial charge in [-0.2, -0.15) is 0 Å². The summed E-state index contributed by atoms with van der Waals surface area (Å²) >= 11 is 0. The summed E-state index contributed by atoms with van der Waals surface area (Å²) in [5.74, 6) is 0. The topological polar surface area (TPSA) is 41.9 Å². The zero-order valence-corrected chi connectivity index (χ0v) is 9.43. The molecule has 0 unspecified atom stereocenters. The van der Waals surface area contributed by atoms with E-state index in [1.54, 1.807) is 0 Å². The van der Waals surface area contributed by atoms with Crippen LogP contribution in [-0.2, 0) is 9.47 Å². The van der Waals surface area contributed by atoms with E-state index in [2.05, 4.69) is 0 Å². The van der Waals surface area contributed by atoms with Crippen molar-refractivity contribution in [3.8, 4) is 0 Å². The minimum Gasteiger partial charge on any atom is -0.386 e. The average Bonchev–Trinajstić information content (AvgIpc) is 2.10. The summed E-state index contributed by atoms with van der Waals surface area (Å²) in [6.45, 7) is 4.48. The van der Waals surface area contributed by atoms with E-state index in [-0.39, 0.29) is 12.1 Å². The van der Waals surface area contributed by atoms with Gasteiger partial charge in [0.1, 0.15) is 6.10 Å². The third-order valence-electron chi connectivity index (χ3n) is 2.61. The van der Waals surface area contributed by atoms with E-state index < -0.39 is 12.4 Å². The van der Waals surface area contributed by atoms with Crippen molar-refractivity contribution in [2.24, 2.45) is 0 Å². The lowest BCUT2D eigenvalue weighted by atomic mass is 9.99. The van der Waals surface area contributed by atoms with Crippen LogP contribution in [0.3, 0.4) is 0 Å². The Labute approximate surface area is 85.8 Å². The van der Waals surface area contributed by atoms with Gasteiger partial charge >= 0.3 is 0 Å². The van der Waals surface area contributed by atoms with Gasteiger partial charge in [0.2, 0.25) is 0 Å². The molecule has 0 saturated carbocycles. The highest BCUT2D eigenvalue weighted by Gasteiger charge is 2.37. The lowest BCUT2D eigenvalue weighted by Crippen LogP contribution is -2.54. The monoisotopic (exact) mass is 203 g/mol. The van der Waals surface area contributed by atoms with Gasteiger partial charge < -0.3 is 19.5 Å². The first-order valence-corrected chi connectivity index (χ1v) is 5.17. The maximum atomic E-state index is 9.96. The van der Waals surface area contributed by atoms with Gasteiger partial charge in [-0.1, -0.05) is 0 Å². The largest absolute Gasteiger partial charge is 0.386 e. The molecule has 0 aromatic heterocycles. The molecule has 0 aliphatic carbocycles. The molecule has 84 valence electrons. The molecular weight excluding hydrogens is 182 g/mol. The van der Waals surface area contributed by atoms with E-state index >= 15 is 0 Å². The zero-order valence-electron chi connectivity index (χ0n) is 9.43. The van der Waals surface area contributed by atoms with E-state index in [4.69, 9.17) is 9.47 Å². The highest BCUT2D eigenvalue weighted by atomic mass is 16.7. The third-order valence-corrected chi connectivity index (χ3v) is 2.61. The van der Waals surface area contributed by atoms with Crippen molar-refractivity contribution in [3.05, 3.63) is 0 Å². The fourth-order valence-corrected chi connectivity index (χ4v) is 1.84. The Morgan fingerprint density at radius 2 is 2.14 bits per heavy atom. The number of hydrogen-bond acceptors (Lipinski definition) is 4. The highest BCUT2D eigenvalue weighted by molar-refractivity contribution is 4.85. The van der Waals surface area contributed by atoms with Crippen molar-refractivity contribution in [1.82, 2.24) is 4.90 Å². The maximum absolute atomic E-state index is 9.96. The van der Waals surface area contributed by atoms with Crippen LogP contribution in [-0.4, -0.2) is 55.2 Å². The molecule has 4 atom stereocenters. The Hall–Kier alpha value is -0.160. The smallest absolute Gasteiger partial charge is 0.185 e. The normalized spacial score (nSPS) is 39.0. The van der Waals surface area contributed by atoms with Crippen LogP contribution < -0.4 is 0 Å². The van der Waals surface area contributed by atoms with Crippen molar-refractivity contribution in [2.75, 3.05) is 20.7 Å². The molecule has 0 radical (unpaired) electrons. The Balaban J connectivity index is 2.60. The second-order valence-electron chi connectivity index (χ2n) is 4.03. The zero-order chi connectivity index (χ0) is 10.7. The van der Waals surface area contributed by atoms with E-state index in [0.717, 1.165) is 6.42 Å². The van der Waals surface area contributed by atoms with Gasteiger partial charge in [-0.15, -0.1) is 0 Å². The minimum atomic E-state index is -0.554. The van der Waals surface area contributed by atoms with Crippen molar-refractivity contribution in [2.45, 2.75) is 44.8 Å². The summed E-state index contributed by atoms with van der Waals surface area (Å²) in [5.41, 5.74) is 0. The van der Waals surface area contributed by atoms with E-state index in [1.165, 1.54) is 0 Å². The second kappa shape index (κ2) is 5.07. The maximum Gasteiger partial charge on any atom is 0.185 e. The van der Waals surface area contributed by atoms with Gasteiger partial charge in [0, 0.05) is 12.6 Å². The van der Waals surface area contributed by atoms with Crippen LogP contribution in [0.4, 0.5) is 0 Å². The van der Waals surface area contributed by atoms with E-state index in [0.29, 0.717) is 6.61 Å². The molecule has 1 aliphatic rings. The molecular formula is C10H21NO3. The molecule has 1 rings (SSSR count). The molecule has 0 amide bonds. The predicted molar refractivity (Wildman–Crippen MR) is 54.1 cm³/mol. The molecule has 0 bridgehead atoms. The van der Waals surface area contributed by atoms with Gasteiger partial charge in [0.05, 0.1) is 6.10 Å². The first-order valence-electron chi connectivity index (χ1n) is 5.17. The quantitative estimate of drug-likeness (QED) is 0.723. The van der Waals surface area contributed by atoms with Crippen LogP contribution in [0.1, 0.15) is 20.3 Å². The molecule has 0 spiro atoms. The van der Waals surface area contributed by atoms with E-state index in [1.807, 2.05) is 32.8 Å². The first-order chi connectivity index (χ1) is 6.56. The van der Waals surface area contributed by atoms with Gasteiger partial charge in [0.15, 0.2) is 6.29 Å². The summed E-state index contributed by atoms with van der Waals surface area (Å²) in [4.78, 5) is 2.02. The second-order valence-corrected chi connectivity index (χ2v) is 4.03. The molecule has 1 N–H and O–H groups in total. The fraction of sp³-hybridized carbons (Fsp3) is 1.00. The molecule has 0 aromatic carbocycles. The van der Waals surface area contributed by atoms with Crippen molar-refractivity contribution >= 4 is 0 Å². The van der Waals surface area contributed by atoms with E-state index in [9.17, 15) is 5.11 Å². The van der Waals surface area contributed by atoms with Crippen LogP contribution >= 0.6 is 0 Å². The van der Waals surface area contributed by atoms with Crippen molar-refractivity contribution in [1.29, 1.82) is 0 Å². The highest BCUT2D eigenvalue weighted by Crippen LogP contribution is 2.23. The lowest BCUT2D eigenvalue weighted by molar-refractivity contribution is -0.250. The summed E-state index contributed by atoms with van der Waals surface area (Å²) < 4.78 is 10.9. The molecule has 1 saturated heterocycles. The number of rotatable bonds is 3. The van der Waals surface area contributed by atoms with Gasteiger partial charge in [-0.25, -0.2) is 0 Å². The lowest BCUT2D eigenvalue weighted by Gasteiger charge is -2.40. The van der Waals surface area contributed by atoms with Crippen LogP contribution in [0, 0.1) is 0 Å². The summed E-state index contributed by atoms with van der Waals surface area (Å²) in [6, 6.07) is 0.121. The van der Waals surface area contributed by atoms with Crippen LogP contribution in [0.2, 0.25) is 0 Å². The van der Waals surface area contributed by atoms with Crippen molar-refractivity contribution < 1.29 is 14.6 Å². The summed E-state index contributed by atoms with van der Waals surface area (Å²) in [5, 5.41) is 9.96. The number of ether oxygens (including phenoxy) is 2. The Bertz CT molecular complexity index is 175. The minimum absolute atomic E-state index is 0.121. The predicted octanol–water partition coefficient (Wildman–Crippen LogP) is 0.449. The molecule has 4 heteroatoms. The van der Waals surface area contributed by atoms with Crippen LogP contribution in [0.5, 0.6) is 0 Å². The summed E-state index contributed by atoms with van der Waals surface area (Å²) in [6.07, 6.45) is -0.0442. The first kappa shape index (κ1) is 11.9. The number of aliphatic hydroxyl groups excluding tert-OH is 1. The van der Waals surface area contributed by atoms with Gasteiger partial charge in [0.25, 0.3) is 0 Å². The molecule has 1 aliphatic heterocycles. The van der Waals surface area contributed by atoms with Gasteiger partial charge in [-0.3, -0.25) is 0 Å². The van der Waals surface area contributed by atoms with Crippen LogP contribution in [0.25, 0.3) is 0 Å². The van der Waals surface area contributed by atoms with Gasteiger partial charge in [-0.05, 0) is 34.4 Å². The standard InChI is InChI=1S/C10H21NO3/c1-5-13-10-9(12)8(11(3)4)6-7(2)14-10/h7-10,12H,5-6H2,1-4H3/t7-,8+,9-,10+/m1/s1. The number of aliphatic hydroxyl groups is 1. The molecule has 1 heterocycles. The fourth-order valence-electron chi connectivity index (χ4n) is 1.84. The summed E-state index contributed by atoms with van der Waals surface area (Å²) in [7, 11) is 3.93. The Morgan fingerprint density at radius 3 is 2.64 bits per heavy atom. The van der Waals surface area contributed by atoms with Crippen LogP contribution in [0.15, 0.2) is 0 Å².